The number of alkyl halides is 1. The van der Waals surface area contributed by atoms with Crippen LogP contribution in [-0.2, 0) is 4.74 Å². The summed E-state index contributed by atoms with van der Waals surface area (Å²) in [7, 11) is 1.69. The summed E-state index contributed by atoms with van der Waals surface area (Å²) in [4.78, 5) is -0.00654. The van der Waals surface area contributed by atoms with Crippen molar-refractivity contribution < 1.29 is 9.84 Å². The minimum Gasteiger partial charge on any atom is -0.506 e. The fraction of sp³-hybridized carbons (Fsp3) is 0.500. The third-order valence-electron chi connectivity index (χ3n) is 4.83. The van der Waals surface area contributed by atoms with E-state index in [1.54, 1.807) is 19.2 Å². The van der Waals surface area contributed by atoms with Gasteiger partial charge in [-0.2, -0.15) is 0 Å². The van der Waals surface area contributed by atoms with Crippen LogP contribution in [0.3, 0.4) is 0 Å². The van der Waals surface area contributed by atoms with Gasteiger partial charge in [-0.25, -0.2) is 0 Å². The number of rotatable bonds is 2. The smallest absolute Gasteiger partial charge is 0.134 e. The Morgan fingerprint density at radius 2 is 2.14 bits per heavy atom. The lowest BCUT2D eigenvalue weighted by atomic mass is 9.68. The molecule has 0 aromatic heterocycles. The molecule has 1 aromatic rings. The first-order valence-electron chi connectivity index (χ1n) is 7.47. The molecule has 3 rings (SSSR count). The van der Waals surface area contributed by atoms with Crippen molar-refractivity contribution >= 4 is 29.0 Å². The number of phenols is 1. The highest BCUT2D eigenvalue weighted by Gasteiger charge is 2.41. The van der Waals surface area contributed by atoms with E-state index >= 15 is 0 Å². The Labute approximate surface area is 143 Å². The Kier molecular flexibility index (Phi) is 5.34. The molecule has 4 heteroatoms. The van der Waals surface area contributed by atoms with Crippen molar-refractivity contribution in [3.05, 3.63) is 41.8 Å². The third kappa shape index (κ3) is 3.23. The highest BCUT2D eigenvalue weighted by atomic mass is 35.5. The molecule has 2 aliphatic rings. The number of fused-ring (bicyclic) bond motifs is 2. The second-order valence-corrected chi connectivity index (χ2v) is 7.38. The molecule has 2 nitrogen and oxygen atoms in total. The van der Waals surface area contributed by atoms with Gasteiger partial charge >= 0.3 is 0 Å². The maximum Gasteiger partial charge on any atom is 0.134 e. The topological polar surface area (TPSA) is 29.5 Å². The molecule has 22 heavy (non-hydrogen) atoms. The summed E-state index contributed by atoms with van der Waals surface area (Å²) in [6, 6.07) is 5.29. The van der Waals surface area contributed by atoms with Gasteiger partial charge in [0.2, 0.25) is 0 Å². The van der Waals surface area contributed by atoms with Crippen LogP contribution in [0.4, 0.5) is 0 Å². The zero-order valence-corrected chi connectivity index (χ0v) is 14.4. The average molecular weight is 341 g/mol. The van der Waals surface area contributed by atoms with Gasteiger partial charge in [0.05, 0.1) is 12.1 Å². The molecular weight excluding hydrogens is 319 g/mol. The molecule has 120 valence electrons. The minimum atomic E-state index is -0.00654. The van der Waals surface area contributed by atoms with Crippen LogP contribution in [0.5, 0.6) is 5.75 Å². The summed E-state index contributed by atoms with van der Waals surface area (Å²) < 4.78 is 5.68. The summed E-state index contributed by atoms with van der Waals surface area (Å²) in [5.41, 5.74) is 2.23. The number of phenolic OH excluding ortho intramolecular Hbond substituents is 1. The Balaban J connectivity index is 0.00000176. The molecule has 1 aromatic carbocycles. The summed E-state index contributed by atoms with van der Waals surface area (Å²) in [5.74, 6) is 1.47. The molecular formula is C18H22Cl2O2. The van der Waals surface area contributed by atoms with Crippen LogP contribution >= 0.6 is 23.2 Å². The first-order chi connectivity index (χ1) is 10.0. The lowest BCUT2D eigenvalue weighted by molar-refractivity contribution is 0.257. The van der Waals surface area contributed by atoms with Gasteiger partial charge in [0.25, 0.3) is 0 Å². The predicted molar refractivity (Wildman–Crippen MR) is 92.2 cm³/mol. The molecule has 0 saturated heterocycles. The number of halogens is 2. The van der Waals surface area contributed by atoms with Crippen LogP contribution < -0.4 is 0 Å². The molecule has 0 spiro atoms. The van der Waals surface area contributed by atoms with E-state index in [1.807, 2.05) is 6.07 Å². The zero-order valence-electron chi connectivity index (χ0n) is 12.9. The normalized spacial score (nSPS) is 29.5. The Morgan fingerprint density at radius 1 is 1.36 bits per heavy atom. The second kappa shape index (κ2) is 6.72. The molecule has 2 aliphatic carbocycles. The van der Waals surface area contributed by atoms with Crippen LogP contribution in [0.2, 0.25) is 5.02 Å². The van der Waals surface area contributed by atoms with Gasteiger partial charge in [-0.1, -0.05) is 25.4 Å². The summed E-state index contributed by atoms with van der Waals surface area (Å²) in [5, 5.41) is 10.2. The molecule has 2 atom stereocenters. The van der Waals surface area contributed by atoms with E-state index in [4.69, 9.17) is 27.9 Å². The summed E-state index contributed by atoms with van der Waals surface area (Å²) in [6.45, 7) is 0. The first kappa shape index (κ1) is 17.5. The standard InChI is InChI=1S/C17H20Cl2O2.CH2/c1-21-16(11-4-5-14(18)15(20)9-11)13-6-8-17(19)7-2-3-12(13)10-17;/h4-5,9,12,20H,2-3,6-8,10H2,1H3;1H2. The summed E-state index contributed by atoms with van der Waals surface area (Å²) >= 11 is 12.6. The maximum atomic E-state index is 9.83. The van der Waals surface area contributed by atoms with Crippen LogP contribution in [0, 0.1) is 13.3 Å². The number of hydrogen-bond acceptors (Lipinski definition) is 2. The van der Waals surface area contributed by atoms with Crippen molar-refractivity contribution in [1.82, 2.24) is 0 Å². The van der Waals surface area contributed by atoms with Gasteiger partial charge in [-0.15, -0.1) is 11.6 Å². The number of aromatic hydroxyl groups is 1. The minimum absolute atomic E-state index is 0. The van der Waals surface area contributed by atoms with E-state index in [1.165, 1.54) is 18.4 Å². The third-order valence-corrected chi connectivity index (χ3v) is 5.68. The fourth-order valence-electron chi connectivity index (χ4n) is 3.79. The molecule has 2 radical (unpaired) electrons. The largest absolute Gasteiger partial charge is 0.506 e. The number of hydrogen-bond donors (Lipinski definition) is 1. The van der Waals surface area contributed by atoms with Gasteiger partial charge in [-0.3, -0.25) is 0 Å². The van der Waals surface area contributed by atoms with Gasteiger partial charge in [-0.05, 0) is 61.8 Å². The van der Waals surface area contributed by atoms with E-state index in [0.29, 0.717) is 10.9 Å². The Bertz CT molecular complexity index is 582. The van der Waals surface area contributed by atoms with E-state index in [9.17, 15) is 5.11 Å². The number of ether oxygens (including phenoxy) is 1. The number of benzene rings is 1. The van der Waals surface area contributed by atoms with Crippen molar-refractivity contribution in [2.45, 2.75) is 43.4 Å². The average Bonchev–Trinajstić information content (AvgIpc) is 2.45. The van der Waals surface area contributed by atoms with E-state index in [0.717, 1.165) is 37.0 Å². The molecule has 0 heterocycles. The Hall–Kier alpha value is -0.860. The van der Waals surface area contributed by atoms with Gasteiger partial charge in [0, 0.05) is 10.4 Å². The highest BCUT2D eigenvalue weighted by Crippen LogP contribution is 2.51. The molecule has 2 bridgehead atoms. The predicted octanol–water partition coefficient (Wildman–Crippen LogP) is 5.69. The molecule has 1 N–H and O–H groups in total. The van der Waals surface area contributed by atoms with E-state index in [-0.39, 0.29) is 18.1 Å². The second-order valence-electron chi connectivity index (χ2n) is 6.17. The van der Waals surface area contributed by atoms with Gasteiger partial charge in [0.1, 0.15) is 11.5 Å². The van der Waals surface area contributed by atoms with Crippen LogP contribution in [-0.4, -0.2) is 17.1 Å². The molecule has 0 aliphatic heterocycles. The maximum absolute atomic E-state index is 9.83. The van der Waals surface area contributed by atoms with Crippen molar-refractivity contribution in [3.63, 3.8) is 0 Å². The van der Waals surface area contributed by atoms with E-state index < -0.39 is 0 Å². The first-order valence-corrected chi connectivity index (χ1v) is 8.23. The number of methoxy groups -OCH3 is 1. The number of allylic oxidation sites excluding steroid dienone is 1. The van der Waals surface area contributed by atoms with Crippen molar-refractivity contribution in [1.29, 1.82) is 0 Å². The van der Waals surface area contributed by atoms with Crippen LogP contribution in [0.25, 0.3) is 5.76 Å². The monoisotopic (exact) mass is 340 g/mol. The molecule has 0 amide bonds. The fourth-order valence-corrected chi connectivity index (χ4v) is 4.32. The molecule has 2 fully saturated rings. The zero-order chi connectivity index (χ0) is 15.0. The summed E-state index contributed by atoms with van der Waals surface area (Å²) in [6.07, 6.45) is 6.50. The van der Waals surface area contributed by atoms with Crippen LogP contribution in [0.15, 0.2) is 23.8 Å². The van der Waals surface area contributed by atoms with E-state index in [2.05, 4.69) is 0 Å². The quantitative estimate of drug-likeness (QED) is 0.553. The lowest BCUT2D eigenvalue weighted by Crippen LogP contribution is -2.35. The molecule has 2 saturated carbocycles. The highest BCUT2D eigenvalue weighted by molar-refractivity contribution is 6.32. The van der Waals surface area contributed by atoms with Crippen molar-refractivity contribution in [3.8, 4) is 5.75 Å². The lowest BCUT2D eigenvalue weighted by Gasteiger charge is -2.43. The SMILES string of the molecule is COC(=C1CCC2(Cl)CCCC1C2)c1ccc(Cl)c(O)c1.[CH2]. The van der Waals surface area contributed by atoms with Crippen molar-refractivity contribution in [2.24, 2.45) is 5.92 Å². The van der Waals surface area contributed by atoms with Crippen molar-refractivity contribution in [2.75, 3.05) is 7.11 Å². The molecule has 2 unspecified atom stereocenters. The van der Waals surface area contributed by atoms with Crippen LogP contribution in [0.1, 0.15) is 44.1 Å². The Morgan fingerprint density at radius 3 is 2.82 bits per heavy atom. The van der Waals surface area contributed by atoms with Gasteiger partial charge in [0.15, 0.2) is 0 Å². The van der Waals surface area contributed by atoms with Gasteiger partial charge < -0.3 is 9.84 Å².